The van der Waals surface area contributed by atoms with E-state index in [4.69, 9.17) is 16.3 Å². The molecule has 0 radical (unpaired) electrons. The van der Waals surface area contributed by atoms with Crippen molar-refractivity contribution in [3.63, 3.8) is 0 Å². The van der Waals surface area contributed by atoms with Crippen molar-refractivity contribution >= 4 is 44.8 Å². The van der Waals surface area contributed by atoms with Crippen molar-refractivity contribution < 1.29 is 22.7 Å². The normalized spacial score (nSPS) is 11.0. The molecule has 0 bridgehead atoms. The molecule has 0 heterocycles. The van der Waals surface area contributed by atoms with Crippen molar-refractivity contribution in [2.75, 3.05) is 29.8 Å². The van der Waals surface area contributed by atoms with Gasteiger partial charge in [-0.3, -0.25) is 13.9 Å². The number of methoxy groups -OCH3 is 1. The summed E-state index contributed by atoms with van der Waals surface area (Å²) in [6.45, 7) is 1.99. The number of carbonyl (C=O) groups is 2. The number of anilines is 2. The van der Waals surface area contributed by atoms with E-state index in [0.717, 1.165) is 17.1 Å². The Morgan fingerprint density at radius 2 is 1.72 bits per heavy atom. The number of amides is 2. The van der Waals surface area contributed by atoms with E-state index in [1.54, 1.807) is 42.5 Å². The molecule has 0 saturated heterocycles. The van der Waals surface area contributed by atoms with Crippen LogP contribution in [0.5, 0.6) is 5.75 Å². The summed E-state index contributed by atoms with van der Waals surface area (Å²) < 4.78 is 33.2. The minimum absolute atomic E-state index is 0.0215. The smallest absolute Gasteiger partial charge is 0.264 e. The number of hydrogen-bond acceptors (Lipinski definition) is 5. The lowest BCUT2D eigenvalue weighted by molar-refractivity contribution is -0.114. The van der Waals surface area contributed by atoms with Crippen LogP contribution < -0.4 is 19.7 Å². The van der Waals surface area contributed by atoms with Crippen molar-refractivity contribution in [1.82, 2.24) is 5.32 Å². The number of benzene rings is 3. The van der Waals surface area contributed by atoms with Crippen molar-refractivity contribution in [2.45, 2.75) is 24.7 Å². The summed E-state index contributed by atoms with van der Waals surface area (Å²) in [5, 5.41) is 5.82. The number of sulfonamides is 1. The van der Waals surface area contributed by atoms with Crippen LogP contribution >= 0.6 is 11.6 Å². The van der Waals surface area contributed by atoms with Crippen LogP contribution in [-0.4, -0.2) is 40.4 Å². The first-order chi connectivity index (χ1) is 17.3. The van der Waals surface area contributed by atoms with E-state index >= 15 is 0 Å². The molecular formula is C26H28ClN3O5S. The van der Waals surface area contributed by atoms with Gasteiger partial charge in [0.2, 0.25) is 5.91 Å². The minimum Gasteiger partial charge on any atom is -0.497 e. The highest BCUT2D eigenvalue weighted by atomic mass is 35.5. The number of nitrogens with zero attached hydrogens (tertiary/aromatic N) is 1. The summed E-state index contributed by atoms with van der Waals surface area (Å²) >= 11 is 6.12. The number of para-hydroxylation sites is 1. The van der Waals surface area contributed by atoms with Crippen molar-refractivity contribution in [3.8, 4) is 5.75 Å². The van der Waals surface area contributed by atoms with Gasteiger partial charge in [0, 0.05) is 11.6 Å². The number of carbonyl (C=O) groups excluding carboxylic acids is 2. The van der Waals surface area contributed by atoms with Crippen molar-refractivity contribution in [1.29, 1.82) is 0 Å². The van der Waals surface area contributed by atoms with Crippen LogP contribution in [0.4, 0.5) is 11.4 Å². The van der Waals surface area contributed by atoms with Crippen LogP contribution in [0, 0.1) is 0 Å². The highest BCUT2D eigenvalue weighted by Crippen LogP contribution is 2.27. The van der Waals surface area contributed by atoms with Gasteiger partial charge in [0.15, 0.2) is 0 Å². The summed E-state index contributed by atoms with van der Waals surface area (Å²) in [5.41, 5.74) is 0.790. The highest BCUT2D eigenvalue weighted by Gasteiger charge is 2.28. The molecule has 0 aromatic heterocycles. The van der Waals surface area contributed by atoms with E-state index in [1.807, 2.05) is 6.92 Å². The molecule has 0 unspecified atom stereocenters. The maximum atomic E-state index is 13.6. The Kier molecular flexibility index (Phi) is 9.32. The van der Waals surface area contributed by atoms with E-state index in [2.05, 4.69) is 10.6 Å². The predicted molar refractivity (Wildman–Crippen MR) is 141 cm³/mol. The van der Waals surface area contributed by atoms with E-state index in [-0.39, 0.29) is 27.7 Å². The van der Waals surface area contributed by atoms with E-state index in [0.29, 0.717) is 17.3 Å². The lowest BCUT2D eigenvalue weighted by Gasteiger charge is -2.24. The van der Waals surface area contributed by atoms with Crippen LogP contribution in [0.1, 0.15) is 30.1 Å². The minimum atomic E-state index is -4.15. The molecule has 190 valence electrons. The topological polar surface area (TPSA) is 105 Å². The fourth-order valence-electron chi connectivity index (χ4n) is 3.41. The summed E-state index contributed by atoms with van der Waals surface area (Å²) in [5.74, 6) is -0.451. The number of unbranched alkanes of at least 4 members (excludes halogenated alkanes) is 1. The number of rotatable bonds is 11. The van der Waals surface area contributed by atoms with Crippen LogP contribution in [0.15, 0.2) is 77.7 Å². The van der Waals surface area contributed by atoms with Gasteiger partial charge in [0.1, 0.15) is 12.3 Å². The van der Waals surface area contributed by atoms with Crippen molar-refractivity contribution in [2.24, 2.45) is 0 Å². The predicted octanol–water partition coefficient (Wildman–Crippen LogP) is 4.71. The molecule has 8 nitrogen and oxygen atoms in total. The second-order valence-corrected chi connectivity index (χ2v) is 10.2. The molecule has 10 heteroatoms. The lowest BCUT2D eigenvalue weighted by atomic mass is 10.1. The van der Waals surface area contributed by atoms with Gasteiger partial charge in [-0.15, -0.1) is 0 Å². The zero-order valence-electron chi connectivity index (χ0n) is 20.0. The third-order valence-corrected chi connectivity index (χ3v) is 7.32. The number of halogens is 1. The SMILES string of the molecule is CCCCNC(=O)c1ccccc1NC(=O)CN(c1cccc(Cl)c1)S(=O)(=O)c1ccc(OC)cc1. The van der Waals surface area contributed by atoms with Crippen LogP contribution in [-0.2, 0) is 14.8 Å². The monoisotopic (exact) mass is 529 g/mol. The van der Waals surface area contributed by atoms with Crippen LogP contribution in [0.2, 0.25) is 5.02 Å². The fourth-order valence-corrected chi connectivity index (χ4v) is 5.00. The molecular weight excluding hydrogens is 502 g/mol. The molecule has 0 atom stereocenters. The van der Waals surface area contributed by atoms with Gasteiger partial charge in [0.05, 0.1) is 28.9 Å². The number of ether oxygens (including phenoxy) is 1. The molecule has 0 aliphatic carbocycles. The Hall–Kier alpha value is -3.56. The maximum absolute atomic E-state index is 13.6. The second-order valence-electron chi connectivity index (χ2n) is 7.87. The molecule has 36 heavy (non-hydrogen) atoms. The van der Waals surface area contributed by atoms with Crippen molar-refractivity contribution in [3.05, 3.63) is 83.4 Å². The molecule has 3 rings (SSSR count). The molecule has 0 fully saturated rings. The van der Waals surface area contributed by atoms with Gasteiger partial charge in [-0.2, -0.15) is 0 Å². The molecule has 2 N–H and O–H groups in total. The molecule has 0 saturated carbocycles. The first-order valence-electron chi connectivity index (χ1n) is 11.4. The largest absolute Gasteiger partial charge is 0.497 e. The van der Waals surface area contributed by atoms with Gasteiger partial charge >= 0.3 is 0 Å². The molecule has 0 aliphatic heterocycles. The number of hydrogen-bond donors (Lipinski definition) is 2. The number of nitrogens with one attached hydrogen (secondary N) is 2. The first kappa shape index (κ1) is 27.0. The average Bonchev–Trinajstić information content (AvgIpc) is 2.87. The average molecular weight is 530 g/mol. The van der Waals surface area contributed by atoms with Crippen LogP contribution in [0.25, 0.3) is 0 Å². The maximum Gasteiger partial charge on any atom is 0.264 e. The Balaban J connectivity index is 1.89. The molecule has 3 aromatic carbocycles. The Morgan fingerprint density at radius 1 is 1.00 bits per heavy atom. The third kappa shape index (κ3) is 6.77. The van der Waals surface area contributed by atoms with Gasteiger partial charge in [-0.25, -0.2) is 8.42 Å². The third-order valence-electron chi connectivity index (χ3n) is 5.29. The molecule has 0 spiro atoms. The van der Waals surface area contributed by atoms with Gasteiger partial charge in [-0.05, 0) is 61.0 Å². The van der Waals surface area contributed by atoms with Crippen LogP contribution in [0.3, 0.4) is 0 Å². The first-order valence-corrected chi connectivity index (χ1v) is 13.2. The van der Waals surface area contributed by atoms with E-state index < -0.39 is 22.5 Å². The zero-order chi connectivity index (χ0) is 26.1. The van der Waals surface area contributed by atoms with Gasteiger partial charge in [-0.1, -0.05) is 43.1 Å². The molecule has 0 aliphatic rings. The summed E-state index contributed by atoms with van der Waals surface area (Å²) in [6.07, 6.45) is 1.76. The zero-order valence-corrected chi connectivity index (χ0v) is 21.6. The van der Waals surface area contributed by atoms with Gasteiger partial charge in [0.25, 0.3) is 15.9 Å². The summed E-state index contributed by atoms with van der Waals surface area (Å²) in [4.78, 5) is 25.7. The Bertz CT molecular complexity index is 1310. The van der Waals surface area contributed by atoms with Gasteiger partial charge < -0.3 is 15.4 Å². The molecule has 2 amide bonds. The van der Waals surface area contributed by atoms with E-state index in [1.165, 1.54) is 37.4 Å². The summed E-state index contributed by atoms with van der Waals surface area (Å²) in [7, 11) is -2.67. The quantitative estimate of drug-likeness (QED) is 0.350. The summed E-state index contributed by atoms with van der Waals surface area (Å²) in [6, 6.07) is 18.6. The standard InChI is InChI=1S/C26H28ClN3O5S/c1-3-4-16-28-26(32)23-10-5-6-11-24(23)29-25(31)18-30(20-9-7-8-19(27)17-20)36(33,34)22-14-12-21(35-2)13-15-22/h5-15,17H,3-4,16,18H2,1-2H3,(H,28,32)(H,29,31). The second kappa shape index (κ2) is 12.4. The lowest BCUT2D eigenvalue weighted by Crippen LogP contribution is -2.38. The van der Waals surface area contributed by atoms with E-state index in [9.17, 15) is 18.0 Å². The molecule has 3 aromatic rings. The fraction of sp³-hybridized carbons (Fsp3) is 0.231. The Morgan fingerprint density at radius 3 is 2.39 bits per heavy atom. The Labute approximate surface area is 216 Å². The highest BCUT2D eigenvalue weighted by molar-refractivity contribution is 7.92.